The molecule has 0 radical (unpaired) electrons. The number of benzene rings is 1. The van der Waals surface area contributed by atoms with Crippen molar-refractivity contribution in [1.82, 2.24) is 0 Å². The summed E-state index contributed by atoms with van der Waals surface area (Å²) in [5, 5.41) is 12.0. The lowest BCUT2D eigenvalue weighted by molar-refractivity contribution is 0.646. The van der Waals surface area contributed by atoms with Gasteiger partial charge in [-0.1, -0.05) is 0 Å². The lowest BCUT2D eigenvalue weighted by atomic mass is 10.3. The molecule has 0 fully saturated rings. The van der Waals surface area contributed by atoms with Gasteiger partial charge in [-0.05, 0) is 31.2 Å². The van der Waals surface area contributed by atoms with Crippen LogP contribution in [0.1, 0.15) is 6.92 Å². The summed E-state index contributed by atoms with van der Waals surface area (Å²) >= 11 is 0. The first-order chi connectivity index (χ1) is 5.77. The Morgan fingerprint density at radius 1 is 1.42 bits per heavy atom. The number of anilines is 1. The van der Waals surface area contributed by atoms with Crippen LogP contribution in [0, 0.1) is 5.21 Å². The molecule has 0 aliphatic heterocycles. The lowest BCUT2D eigenvalue weighted by Crippen LogP contribution is -2.12. The van der Waals surface area contributed by atoms with Crippen molar-refractivity contribution in [2.45, 2.75) is 6.92 Å². The topological polar surface area (TPSA) is 35.5 Å². The van der Waals surface area contributed by atoms with Crippen LogP contribution in [0.3, 0.4) is 0 Å². The molecule has 66 valence electrons. The van der Waals surface area contributed by atoms with E-state index in [1.54, 1.807) is 24.3 Å². The molecule has 12 heavy (non-hydrogen) atoms. The molecule has 0 aromatic heterocycles. The summed E-state index contributed by atoms with van der Waals surface area (Å²) in [7, 11) is 2.15. The van der Waals surface area contributed by atoms with Crippen LogP contribution in [0.25, 0.3) is 0 Å². The quantitative estimate of drug-likeness (QED) is 0.533. The maximum absolute atomic E-state index is 11.1. The third-order valence-corrected chi connectivity index (χ3v) is 1.82. The first kappa shape index (κ1) is 9.30. The summed E-state index contributed by atoms with van der Waals surface area (Å²) in [5.74, 6) is 0.730. The van der Waals surface area contributed by atoms with Gasteiger partial charge in [0.15, 0.2) is 0 Å². The van der Waals surface area contributed by atoms with E-state index < -0.39 is 0 Å². The summed E-state index contributed by atoms with van der Waals surface area (Å²) in [6.07, 6.45) is 0. The molecule has 4 heteroatoms. The third-order valence-electron chi connectivity index (χ3n) is 1.55. The molecule has 0 saturated carbocycles. The Hall–Kier alpha value is -0.790. The molecule has 1 unspecified atom stereocenters. The minimum absolute atomic E-state index is 0.459. The van der Waals surface area contributed by atoms with Gasteiger partial charge in [-0.15, -0.1) is 0 Å². The standard InChI is InChI=1S/C8H11NO2P/c1-2-9(10)7-3-5-8(11-12)6-4-7/h3-6H,2,12H2,1H3/q-1. The highest BCUT2D eigenvalue weighted by Gasteiger charge is 1.93. The molecule has 1 aromatic rings. The average Bonchev–Trinajstić information content (AvgIpc) is 2.17. The van der Waals surface area contributed by atoms with E-state index in [0.29, 0.717) is 12.2 Å². The largest absolute Gasteiger partial charge is 0.758 e. The van der Waals surface area contributed by atoms with Gasteiger partial charge >= 0.3 is 0 Å². The highest BCUT2D eigenvalue weighted by Crippen LogP contribution is 2.19. The molecular weight excluding hydrogens is 173 g/mol. The SMILES string of the molecule is CCN([O-])c1ccc(OP)cc1. The molecule has 1 aromatic carbocycles. The fourth-order valence-electron chi connectivity index (χ4n) is 0.874. The number of hydrogen-bond acceptors (Lipinski definition) is 3. The minimum Gasteiger partial charge on any atom is -0.758 e. The van der Waals surface area contributed by atoms with Gasteiger partial charge in [0.25, 0.3) is 0 Å². The Labute approximate surface area is 74.2 Å². The molecule has 3 nitrogen and oxygen atoms in total. The zero-order chi connectivity index (χ0) is 8.97. The van der Waals surface area contributed by atoms with E-state index >= 15 is 0 Å². The van der Waals surface area contributed by atoms with Crippen molar-refractivity contribution in [2.75, 3.05) is 11.6 Å². The molecule has 0 spiro atoms. The van der Waals surface area contributed by atoms with Crippen LogP contribution in [-0.2, 0) is 0 Å². The third kappa shape index (κ3) is 2.10. The monoisotopic (exact) mass is 184 g/mol. The highest BCUT2D eigenvalue weighted by molar-refractivity contribution is 7.10. The van der Waals surface area contributed by atoms with Gasteiger partial charge in [0.2, 0.25) is 0 Å². The van der Waals surface area contributed by atoms with Gasteiger partial charge in [0.05, 0.1) is 9.47 Å². The molecule has 0 amide bonds. The second-order valence-corrected chi connectivity index (χ2v) is 2.54. The predicted molar refractivity (Wildman–Crippen MR) is 53.2 cm³/mol. The number of nitrogens with zero attached hydrogens (tertiary/aromatic N) is 1. The second kappa shape index (κ2) is 4.29. The summed E-state index contributed by atoms with van der Waals surface area (Å²) in [4.78, 5) is 0. The van der Waals surface area contributed by atoms with Crippen LogP contribution in [0.15, 0.2) is 24.3 Å². The number of hydroxylamine groups is 1. The second-order valence-electron chi connectivity index (χ2n) is 2.31. The van der Waals surface area contributed by atoms with Gasteiger partial charge in [-0.25, -0.2) is 0 Å². The van der Waals surface area contributed by atoms with E-state index in [-0.39, 0.29) is 0 Å². The van der Waals surface area contributed by atoms with Gasteiger partial charge < -0.3 is 14.8 Å². The van der Waals surface area contributed by atoms with Gasteiger partial charge in [-0.3, -0.25) is 0 Å². The lowest BCUT2D eigenvalue weighted by Gasteiger charge is -2.28. The Morgan fingerprint density at radius 3 is 2.42 bits per heavy atom. The Morgan fingerprint density at radius 2 is 2.00 bits per heavy atom. The fourth-order valence-corrected chi connectivity index (χ4v) is 1.03. The summed E-state index contributed by atoms with van der Waals surface area (Å²) in [6, 6.07) is 6.97. The molecule has 0 saturated heterocycles. The molecule has 0 N–H and O–H groups in total. The molecule has 0 heterocycles. The van der Waals surface area contributed by atoms with Gasteiger partial charge in [0.1, 0.15) is 5.75 Å². The van der Waals surface area contributed by atoms with Gasteiger partial charge in [0, 0.05) is 12.2 Å². The predicted octanol–water partition coefficient (Wildman–Crippen LogP) is 2.18. The zero-order valence-electron chi connectivity index (χ0n) is 6.86. The molecule has 1 atom stereocenters. The van der Waals surface area contributed by atoms with Crippen molar-refractivity contribution >= 4 is 15.2 Å². The maximum Gasteiger partial charge on any atom is 0.122 e. The Balaban J connectivity index is 2.77. The summed E-state index contributed by atoms with van der Waals surface area (Å²) < 4.78 is 4.88. The van der Waals surface area contributed by atoms with Crippen LogP contribution in [0.5, 0.6) is 5.75 Å². The van der Waals surface area contributed by atoms with E-state index in [0.717, 1.165) is 10.8 Å². The van der Waals surface area contributed by atoms with Crippen LogP contribution in [-0.4, -0.2) is 6.54 Å². The average molecular weight is 184 g/mol. The van der Waals surface area contributed by atoms with Crippen molar-refractivity contribution < 1.29 is 4.52 Å². The van der Waals surface area contributed by atoms with Crippen LogP contribution >= 0.6 is 9.47 Å². The maximum atomic E-state index is 11.1. The van der Waals surface area contributed by atoms with Crippen LogP contribution in [0.4, 0.5) is 5.69 Å². The molecule has 0 bridgehead atoms. The molecule has 0 aliphatic carbocycles. The summed E-state index contributed by atoms with van der Waals surface area (Å²) in [6.45, 7) is 2.27. The van der Waals surface area contributed by atoms with Crippen molar-refractivity contribution in [1.29, 1.82) is 0 Å². The smallest absolute Gasteiger partial charge is 0.122 e. The van der Waals surface area contributed by atoms with E-state index in [9.17, 15) is 5.21 Å². The summed E-state index contributed by atoms with van der Waals surface area (Å²) in [5.41, 5.74) is 0.656. The number of rotatable bonds is 3. The van der Waals surface area contributed by atoms with E-state index in [1.165, 1.54) is 0 Å². The van der Waals surface area contributed by atoms with E-state index in [2.05, 4.69) is 9.47 Å². The minimum atomic E-state index is 0.459. The first-order valence-electron chi connectivity index (χ1n) is 3.69. The van der Waals surface area contributed by atoms with E-state index in [1.807, 2.05) is 6.92 Å². The molecule has 1 rings (SSSR count). The molecule has 0 aliphatic rings. The van der Waals surface area contributed by atoms with Crippen LogP contribution in [0.2, 0.25) is 0 Å². The normalized spacial score (nSPS) is 9.58. The Bertz CT molecular complexity index is 237. The fraction of sp³-hybridized carbons (Fsp3) is 0.250. The zero-order valence-corrected chi connectivity index (χ0v) is 8.01. The van der Waals surface area contributed by atoms with E-state index in [4.69, 9.17) is 4.52 Å². The van der Waals surface area contributed by atoms with Crippen molar-refractivity contribution in [3.63, 3.8) is 0 Å². The Kier molecular flexibility index (Phi) is 3.32. The van der Waals surface area contributed by atoms with Gasteiger partial charge in [-0.2, -0.15) is 0 Å². The van der Waals surface area contributed by atoms with Crippen molar-refractivity contribution in [2.24, 2.45) is 0 Å². The number of hydrogen-bond donors (Lipinski definition) is 0. The van der Waals surface area contributed by atoms with Crippen molar-refractivity contribution in [3.8, 4) is 5.75 Å². The van der Waals surface area contributed by atoms with Crippen molar-refractivity contribution in [3.05, 3.63) is 29.5 Å². The first-order valence-corrected chi connectivity index (χ1v) is 4.16. The van der Waals surface area contributed by atoms with Crippen LogP contribution < -0.4 is 9.59 Å². The highest BCUT2D eigenvalue weighted by atomic mass is 31.0. The molecular formula is C8H11NO2P-.